The predicted molar refractivity (Wildman–Crippen MR) is 74.6 cm³/mol. The van der Waals surface area contributed by atoms with Crippen LogP contribution in [-0.2, 0) is 6.54 Å². The lowest BCUT2D eigenvalue weighted by Gasteiger charge is -2.11. The van der Waals surface area contributed by atoms with E-state index in [1.807, 2.05) is 30.3 Å². The van der Waals surface area contributed by atoms with Crippen molar-refractivity contribution in [2.75, 3.05) is 11.1 Å². The second kappa shape index (κ2) is 5.30. The molecule has 0 bridgehead atoms. The van der Waals surface area contributed by atoms with Crippen molar-refractivity contribution < 1.29 is 0 Å². The molecule has 2 nitrogen and oxygen atoms in total. The maximum atomic E-state index is 6.07. The van der Waals surface area contributed by atoms with Crippen molar-refractivity contribution >= 4 is 34.6 Å². The van der Waals surface area contributed by atoms with E-state index in [2.05, 4.69) is 5.32 Å². The molecule has 0 unspecified atom stereocenters. The van der Waals surface area contributed by atoms with Crippen LogP contribution in [0, 0.1) is 0 Å². The average Bonchev–Trinajstić information content (AvgIpc) is 2.29. The molecule has 2 aromatic carbocycles. The van der Waals surface area contributed by atoms with Gasteiger partial charge < -0.3 is 11.1 Å². The monoisotopic (exact) mass is 266 g/mol. The SMILES string of the molecule is Nc1cc(Cl)cc(Cl)c1NCc1ccccc1. The summed E-state index contributed by atoms with van der Waals surface area (Å²) in [6.07, 6.45) is 0. The van der Waals surface area contributed by atoms with Crippen molar-refractivity contribution in [2.45, 2.75) is 6.54 Å². The first kappa shape index (κ1) is 12.1. The second-order valence-corrected chi connectivity index (χ2v) is 4.53. The molecule has 0 atom stereocenters. The van der Waals surface area contributed by atoms with Gasteiger partial charge in [0, 0.05) is 11.6 Å². The first-order valence-corrected chi connectivity index (χ1v) is 5.95. The van der Waals surface area contributed by atoms with Crippen LogP contribution in [0.3, 0.4) is 0 Å². The fourth-order valence-electron chi connectivity index (χ4n) is 1.57. The van der Waals surface area contributed by atoms with Crippen molar-refractivity contribution in [3.63, 3.8) is 0 Å². The largest absolute Gasteiger partial charge is 0.397 e. The number of nitrogens with two attached hydrogens (primary N) is 1. The van der Waals surface area contributed by atoms with Crippen molar-refractivity contribution in [3.05, 3.63) is 58.1 Å². The molecule has 0 fully saturated rings. The molecule has 3 N–H and O–H groups in total. The number of nitrogens with one attached hydrogen (secondary N) is 1. The van der Waals surface area contributed by atoms with Crippen molar-refractivity contribution in [3.8, 4) is 0 Å². The number of hydrogen-bond donors (Lipinski definition) is 2. The van der Waals surface area contributed by atoms with Gasteiger partial charge in [-0.3, -0.25) is 0 Å². The maximum absolute atomic E-state index is 6.07. The first-order chi connectivity index (χ1) is 8.16. The van der Waals surface area contributed by atoms with Crippen LogP contribution < -0.4 is 11.1 Å². The third-order valence-corrected chi connectivity index (χ3v) is 2.91. The molecule has 0 aliphatic heterocycles. The Labute approximate surface area is 110 Å². The molecule has 0 aliphatic carbocycles. The summed E-state index contributed by atoms with van der Waals surface area (Å²) in [6.45, 7) is 0.673. The minimum Gasteiger partial charge on any atom is -0.397 e. The van der Waals surface area contributed by atoms with E-state index in [1.54, 1.807) is 12.1 Å². The molecule has 0 heterocycles. The Morgan fingerprint density at radius 3 is 2.41 bits per heavy atom. The van der Waals surface area contributed by atoms with Crippen LogP contribution >= 0.6 is 23.2 Å². The molecule has 2 aromatic rings. The summed E-state index contributed by atoms with van der Waals surface area (Å²) in [7, 11) is 0. The third kappa shape index (κ3) is 3.05. The first-order valence-electron chi connectivity index (χ1n) is 5.19. The molecule has 0 radical (unpaired) electrons. The summed E-state index contributed by atoms with van der Waals surface area (Å²) in [5.41, 5.74) is 8.30. The molecule has 17 heavy (non-hydrogen) atoms. The summed E-state index contributed by atoms with van der Waals surface area (Å²) in [5.74, 6) is 0. The molecule has 0 saturated carbocycles. The molecule has 2 rings (SSSR count). The van der Waals surface area contributed by atoms with Gasteiger partial charge in [0.2, 0.25) is 0 Å². The number of nitrogen functional groups attached to an aromatic ring is 1. The Kier molecular flexibility index (Phi) is 3.77. The number of halogens is 2. The summed E-state index contributed by atoms with van der Waals surface area (Å²) in [5, 5.41) is 4.28. The highest BCUT2D eigenvalue weighted by molar-refractivity contribution is 6.37. The van der Waals surface area contributed by atoms with E-state index in [4.69, 9.17) is 28.9 Å². The Hall–Kier alpha value is -1.38. The van der Waals surface area contributed by atoms with Gasteiger partial charge in [-0.05, 0) is 17.7 Å². The maximum Gasteiger partial charge on any atom is 0.0766 e. The normalized spacial score (nSPS) is 10.2. The van der Waals surface area contributed by atoms with Gasteiger partial charge in [0.15, 0.2) is 0 Å². The fourth-order valence-corrected chi connectivity index (χ4v) is 2.14. The molecular weight excluding hydrogens is 255 g/mol. The lowest BCUT2D eigenvalue weighted by molar-refractivity contribution is 1.15. The Morgan fingerprint density at radius 2 is 1.76 bits per heavy atom. The van der Waals surface area contributed by atoms with Gasteiger partial charge >= 0.3 is 0 Å². The minimum absolute atomic E-state index is 0.533. The van der Waals surface area contributed by atoms with Crippen LogP contribution in [0.15, 0.2) is 42.5 Å². The predicted octanol–water partition coefficient (Wildman–Crippen LogP) is 4.19. The lowest BCUT2D eigenvalue weighted by atomic mass is 10.2. The summed E-state index contributed by atoms with van der Waals surface area (Å²) in [4.78, 5) is 0. The van der Waals surface area contributed by atoms with E-state index in [-0.39, 0.29) is 0 Å². The molecule has 88 valence electrons. The van der Waals surface area contributed by atoms with Gasteiger partial charge in [0.25, 0.3) is 0 Å². The number of benzene rings is 2. The highest BCUT2D eigenvalue weighted by atomic mass is 35.5. The van der Waals surface area contributed by atoms with E-state index < -0.39 is 0 Å². The standard InChI is InChI=1S/C13H12Cl2N2/c14-10-6-11(15)13(12(16)7-10)17-8-9-4-2-1-3-5-9/h1-7,17H,8,16H2. The zero-order valence-corrected chi connectivity index (χ0v) is 10.6. The average molecular weight is 267 g/mol. The van der Waals surface area contributed by atoms with Crippen molar-refractivity contribution in [2.24, 2.45) is 0 Å². The molecule has 0 amide bonds. The highest BCUT2D eigenvalue weighted by Crippen LogP contribution is 2.32. The van der Waals surface area contributed by atoms with Gasteiger partial charge in [-0.1, -0.05) is 53.5 Å². The summed E-state index contributed by atoms with van der Waals surface area (Å²) < 4.78 is 0. The summed E-state index contributed by atoms with van der Waals surface area (Å²) in [6, 6.07) is 13.4. The van der Waals surface area contributed by atoms with Gasteiger partial charge in [0.05, 0.1) is 16.4 Å². The van der Waals surface area contributed by atoms with Crippen LogP contribution in [0.25, 0.3) is 0 Å². The van der Waals surface area contributed by atoms with Crippen molar-refractivity contribution in [1.82, 2.24) is 0 Å². The van der Waals surface area contributed by atoms with Gasteiger partial charge in [-0.15, -0.1) is 0 Å². The molecule has 0 aromatic heterocycles. The smallest absolute Gasteiger partial charge is 0.0766 e. The zero-order valence-electron chi connectivity index (χ0n) is 9.08. The molecule has 4 heteroatoms. The highest BCUT2D eigenvalue weighted by Gasteiger charge is 2.06. The van der Waals surface area contributed by atoms with Crippen LogP contribution in [-0.4, -0.2) is 0 Å². The van der Waals surface area contributed by atoms with Crippen LogP contribution in [0.5, 0.6) is 0 Å². The van der Waals surface area contributed by atoms with Crippen molar-refractivity contribution in [1.29, 1.82) is 0 Å². The molecule has 0 saturated heterocycles. The number of anilines is 2. The number of hydrogen-bond acceptors (Lipinski definition) is 2. The molecule has 0 aliphatic rings. The minimum atomic E-state index is 0.533. The third-order valence-electron chi connectivity index (χ3n) is 2.40. The van der Waals surface area contributed by atoms with Crippen LogP contribution in [0.2, 0.25) is 10.0 Å². The number of rotatable bonds is 3. The lowest BCUT2D eigenvalue weighted by Crippen LogP contribution is -2.03. The van der Waals surface area contributed by atoms with Gasteiger partial charge in [0.1, 0.15) is 0 Å². The Balaban J connectivity index is 2.15. The topological polar surface area (TPSA) is 38.0 Å². The van der Waals surface area contributed by atoms with Gasteiger partial charge in [-0.25, -0.2) is 0 Å². The van der Waals surface area contributed by atoms with Crippen LogP contribution in [0.4, 0.5) is 11.4 Å². The molecular formula is C13H12Cl2N2. The van der Waals surface area contributed by atoms with E-state index >= 15 is 0 Å². The Bertz CT molecular complexity index is 489. The van der Waals surface area contributed by atoms with E-state index in [1.165, 1.54) is 0 Å². The van der Waals surface area contributed by atoms with E-state index in [9.17, 15) is 0 Å². The summed E-state index contributed by atoms with van der Waals surface area (Å²) >= 11 is 11.9. The zero-order chi connectivity index (χ0) is 12.3. The van der Waals surface area contributed by atoms with Crippen LogP contribution in [0.1, 0.15) is 5.56 Å². The molecule has 0 spiro atoms. The van der Waals surface area contributed by atoms with E-state index in [0.29, 0.717) is 22.3 Å². The second-order valence-electron chi connectivity index (χ2n) is 3.69. The van der Waals surface area contributed by atoms with Gasteiger partial charge in [-0.2, -0.15) is 0 Å². The Morgan fingerprint density at radius 1 is 1.06 bits per heavy atom. The van der Waals surface area contributed by atoms with E-state index in [0.717, 1.165) is 11.3 Å². The quantitative estimate of drug-likeness (QED) is 0.818. The fraction of sp³-hybridized carbons (Fsp3) is 0.0769.